The second kappa shape index (κ2) is 7.45. The number of rotatable bonds is 7. The number of nitrogens with zero attached hydrogens (tertiary/aromatic N) is 4. The largest absolute Gasteiger partial charge is 0.393 e. The van der Waals surface area contributed by atoms with Crippen LogP contribution in [0.15, 0.2) is 0 Å². The predicted molar refractivity (Wildman–Crippen MR) is 77.8 cm³/mol. The molecule has 0 aliphatic heterocycles. The van der Waals surface area contributed by atoms with Gasteiger partial charge >= 0.3 is 0 Å². The summed E-state index contributed by atoms with van der Waals surface area (Å²) in [5, 5.41) is 12.6. The molecule has 0 fully saturated rings. The minimum atomic E-state index is -0.373. The van der Waals surface area contributed by atoms with Gasteiger partial charge in [-0.2, -0.15) is 15.0 Å². The highest BCUT2D eigenvalue weighted by molar-refractivity contribution is 6.28. The fourth-order valence-corrected chi connectivity index (χ4v) is 2.00. The molecule has 0 saturated heterocycles. The van der Waals surface area contributed by atoms with Crippen LogP contribution in [0.3, 0.4) is 0 Å². The molecule has 2 N–H and O–H groups in total. The third-order valence-corrected chi connectivity index (χ3v) is 2.88. The highest BCUT2D eigenvalue weighted by atomic mass is 35.5. The van der Waals surface area contributed by atoms with E-state index in [9.17, 15) is 5.11 Å². The van der Waals surface area contributed by atoms with Crippen molar-refractivity contribution in [3.05, 3.63) is 5.28 Å². The standard InChI is InChI=1S/C12H22ClN5O/c1-5-18(6-2)12-16-10(13)15-11(17-12)14-8(3)7-9(4)19/h8-9,19H,5-7H2,1-4H3,(H,14,15,16,17). The van der Waals surface area contributed by atoms with Gasteiger partial charge in [-0.1, -0.05) is 0 Å². The molecule has 6 nitrogen and oxygen atoms in total. The normalized spacial score (nSPS) is 14.0. The zero-order chi connectivity index (χ0) is 14.4. The van der Waals surface area contributed by atoms with Gasteiger partial charge in [0.05, 0.1) is 6.10 Å². The summed E-state index contributed by atoms with van der Waals surface area (Å²) in [5.41, 5.74) is 0. The Bertz CT molecular complexity index is 398. The van der Waals surface area contributed by atoms with Gasteiger partial charge in [0.25, 0.3) is 0 Å². The molecule has 1 rings (SSSR count). The number of nitrogens with one attached hydrogen (secondary N) is 1. The Hall–Kier alpha value is -1.14. The first-order chi connectivity index (χ1) is 8.96. The Balaban J connectivity index is 2.84. The first kappa shape index (κ1) is 15.9. The van der Waals surface area contributed by atoms with Gasteiger partial charge in [-0.25, -0.2) is 0 Å². The molecule has 108 valence electrons. The third-order valence-electron chi connectivity index (χ3n) is 2.71. The summed E-state index contributed by atoms with van der Waals surface area (Å²) >= 11 is 5.92. The molecule has 0 amide bonds. The molecule has 0 aromatic carbocycles. The molecule has 1 aromatic heterocycles. The summed E-state index contributed by atoms with van der Waals surface area (Å²) in [6.07, 6.45) is 0.242. The van der Waals surface area contributed by atoms with Crippen molar-refractivity contribution in [3.8, 4) is 0 Å². The van der Waals surface area contributed by atoms with E-state index in [1.807, 2.05) is 25.7 Å². The van der Waals surface area contributed by atoms with Crippen LogP contribution in [0.2, 0.25) is 5.28 Å². The number of hydrogen-bond acceptors (Lipinski definition) is 6. The number of aromatic nitrogens is 3. The molecule has 1 heterocycles. The van der Waals surface area contributed by atoms with E-state index in [4.69, 9.17) is 11.6 Å². The molecular formula is C12H22ClN5O. The van der Waals surface area contributed by atoms with Crippen LogP contribution >= 0.6 is 11.6 Å². The average Bonchev–Trinajstić information content (AvgIpc) is 2.28. The molecule has 7 heteroatoms. The van der Waals surface area contributed by atoms with E-state index in [1.54, 1.807) is 6.92 Å². The van der Waals surface area contributed by atoms with Crippen molar-refractivity contribution in [2.24, 2.45) is 0 Å². The first-order valence-corrected chi connectivity index (χ1v) is 6.95. The second-order valence-electron chi connectivity index (χ2n) is 4.53. The van der Waals surface area contributed by atoms with E-state index >= 15 is 0 Å². The van der Waals surface area contributed by atoms with E-state index in [0.29, 0.717) is 18.3 Å². The fraction of sp³-hybridized carbons (Fsp3) is 0.750. The molecule has 19 heavy (non-hydrogen) atoms. The van der Waals surface area contributed by atoms with Gasteiger partial charge in [0.2, 0.25) is 17.2 Å². The lowest BCUT2D eigenvalue weighted by molar-refractivity contribution is 0.179. The molecule has 0 bridgehead atoms. The number of aliphatic hydroxyl groups excluding tert-OH is 1. The van der Waals surface area contributed by atoms with E-state index in [2.05, 4.69) is 20.3 Å². The minimum absolute atomic E-state index is 0.0584. The maximum Gasteiger partial charge on any atom is 0.231 e. The van der Waals surface area contributed by atoms with Crippen LogP contribution in [0.5, 0.6) is 0 Å². The summed E-state index contributed by atoms with van der Waals surface area (Å²) < 4.78 is 0. The number of hydrogen-bond donors (Lipinski definition) is 2. The monoisotopic (exact) mass is 287 g/mol. The van der Waals surface area contributed by atoms with E-state index in [1.165, 1.54) is 0 Å². The molecule has 0 radical (unpaired) electrons. The van der Waals surface area contributed by atoms with Crippen molar-refractivity contribution in [3.63, 3.8) is 0 Å². The molecule has 0 saturated carbocycles. The molecule has 2 unspecified atom stereocenters. The van der Waals surface area contributed by atoms with E-state index in [-0.39, 0.29) is 17.4 Å². The highest BCUT2D eigenvalue weighted by Gasteiger charge is 2.12. The van der Waals surface area contributed by atoms with Crippen LogP contribution in [0.4, 0.5) is 11.9 Å². The fourth-order valence-electron chi connectivity index (χ4n) is 1.84. The van der Waals surface area contributed by atoms with E-state index in [0.717, 1.165) is 13.1 Å². The highest BCUT2D eigenvalue weighted by Crippen LogP contribution is 2.14. The summed E-state index contributed by atoms with van der Waals surface area (Å²) in [6.45, 7) is 9.38. The van der Waals surface area contributed by atoms with Crippen LogP contribution in [-0.4, -0.2) is 45.3 Å². The van der Waals surface area contributed by atoms with Crippen LogP contribution in [0.25, 0.3) is 0 Å². The van der Waals surface area contributed by atoms with Gasteiger partial charge < -0.3 is 15.3 Å². The number of halogens is 1. The summed E-state index contributed by atoms with van der Waals surface area (Å²) in [6, 6.07) is 0.0584. The third kappa shape index (κ3) is 5.16. The van der Waals surface area contributed by atoms with Crippen molar-refractivity contribution in [2.75, 3.05) is 23.3 Å². The lowest BCUT2D eigenvalue weighted by atomic mass is 10.2. The lowest BCUT2D eigenvalue weighted by Crippen LogP contribution is -2.26. The number of anilines is 2. The SMILES string of the molecule is CCN(CC)c1nc(Cl)nc(NC(C)CC(C)O)n1. The predicted octanol–water partition coefficient (Wildman–Crippen LogP) is 1.94. The van der Waals surface area contributed by atoms with Crippen LogP contribution in [0.1, 0.15) is 34.1 Å². The van der Waals surface area contributed by atoms with Gasteiger partial charge in [-0.05, 0) is 45.7 Å². The molecule has 2 atom stereocenters. The summed E-state index contributed by atoms with van der Waals surface area (Å²) in [5.74, 6) is 1.01. The smallest absolute Gasteiger partial charge is 0.231 e. The van der Waals surface area contributed by atoms with Crippen molar-refractivity contribution < 1.29 is 5.11 Å². The maximum atomic E-state index is 9.35. The van der Waals surface area contributed by atoms with Gasteiger partial charge in [0, 0.05) is 19.1 Å². The minimum Gasteiger partial charge on any atom is -0.393 e. The van der Waals surface area contributed by atoms with Gasteiger partial charge in [-0.15, -0.1) is 0 Å². The topological polar surface area (TPSA) is 74.2 Å². The Labute approximate surface area is 119 Å². The molecular weight excluding hydrogens is 266 g/mol. The quantitative estimate of drug-likeness (QED) is 0.798. The van der Waals surface area contributed by atoms with Crippen LogP contribution in [0, 0.1) is 0 Å². The Kier molecular flexibility index (Phi) is 6.24. The first-order valence-electron chi connectivity index (χ1n) is 6.57. The van der Waals surface area contributed by atoms with Gasteiger partial charge in [-0.3, -0.25) is 0 Å². The summed E-state index contributed by atoms with van der Waals surface area (Å²) in [7, 11) is 0. The zero-order valence-electron chi connectivity index (χ0n) is 11.9. The Morgan fingerprint density at radius 1 is 1.21 bits per heavy atom. The summed E-state index contributed by atoms with van der Waals surface area (Å²) in [4.78, 5) is 14.5. The molecule has 0 aliphatic rings. The van der Waals surface area contributed by atoms with Crippen molar-refractivity contribution >= 4 is 23.5 Å². The van der Waals surface area contributed by atoms with Crippen molar-refractivity contribution in [1.82, 2.24) is 15.0 Å². The van der Waals surface area contributed by atoms with Crippen molar-refractivity contribution in [2.45, 2.75) is 46.3 Å². The molecule has 0 aliphatic carbocycles. The van der Waals surface area contributed by atoms with Crippen LogP contribution in [-0.2, 0) is 0 Å². The number of aliphatic hydroxyl groups is 1. The van der Waals surface area contributed by atoms with Gasteiger partial charge in [0.1, 0.15) is 0 Å². The van der Waals surface area contributed by atoms with Gasteiger partial charge in [0.15, 0.2) is 0 Å². The van der Waals surface area contributed by atoms with Crippen LogP contribution < -0.4 is 10.2 Å². The average molecular weight is 288 g/mol. The zero-order valence-corrected chi connectivity index (χ0v) is 12.6. The molecule has 1 aromatic rings. The van der Waals surface area contributed by atoms with E-state index < -0.39 is 0 Å². The molecule has 0 spiro atoms. The Morgan fingerprint density at radius 2 is 1.84 bits per heavy atom. The maximum absolute atomic E-state index is 9.35. The Morgan fingerprint density at radius 3 is 2.37 bits per heavy atom. The van der Waals surface area contributed by atoms with Crippen molar-refractivity contribution in [1.29, 1.82) is 0 Å². The second-order valence-corrected chi connectivity index (χ2v) is 4.87. The lowest BCUT2D eigenvalue weighted by Gasteiger charge is -2.20.